The minimum Gasteiger partial charge on any atom is -0.451 e. The van der Waals surface area contributed by atoms with Crippen LogP contribution in [0.2, 0.25) is 10.0 Å². The first-order valence-electron chi connectivity index (χ1n) is 11.4. The van der Waals surface area contributed by atoms with Gasteiger partial charge in [-0.25, -0.2) is 0 Å². The fourth-order valence-corrected chi connectivity index (χ4v) is 4.68. The molecule has 0 bridgehead atoms. The summed E-state index contributed by atoms with van der Waals surface area (Å²) in [6.45, 7) is 0. The summed E-state index contributed by atoms with van der Waals surface area (Å²) in [4.78, 5) is 12.6. The van der Waals surface area contributed by atoms with E-state index in [1.165, 1.54) is 0 Å². The maximum absolute atomic E-state index is 12.6. The van der Waals surface area contributed by atoms with E-state index in [1.807, 2.05) is 12.1 Å². The highest BCUT2D eigenvalue weighted by Gasteiger charge is 2.29. The predicted octanol–water partition coefficient (Wildman–Crippen LogP) is 6.30. The summed E-state index contributed by atoms with van der Waals surface area (Å²) in [5.41, 5.74) is 1.39. The van der Waals surface area contributed by atoms with Crippen molar-refractivity contribution < 1.29 is 18.0 Å². The summed E-state index contributed by atoms with van der Waals surface area (Å²) in [6, 6.07) is 14.2. The first-order chi connectivity index (χ1) is 17.5. The Kier molecular flexibility index (Phi) is 5.94. The van der Waals surface area contributed by atoms with Gasteiger partial charge in [0, 0.05) is 33.0 Å². The molecule has 0 spiro atoms. The van der Waals surface area contributed by atoms with Crippen molar-refractivity contribution >= 4 is 40.1 Å². The highest BCUT2D eigenvalue weighted by molar-refractivity contribution is 6.31. The van der Waals surface area contributed by atoms with Gasteiger partial charge in [0.05, 0.1) is 0 Å². The number of carbonyl (C=O) groups excluding carboxylic acids is 1. The Morgan fingerprint density at radius 2 is 1.56 bits per heavy atom. The van der Waals surface area contributed by atoms with E-state index < -0.39 is 5.91 Å². The fraction of sp³-hybridized carbons (Fsp3) is 0.240. The van der Waals surface area contributed by atoms with E-state index in [0.717, 1.165) is 31.1 Å². The molecule has 1 aliphatic rings. The number of fused-ring (bicyclic) bond motifs is 1. The molecule has 0 radical (unpaired) electrons. The van der Waals surface area contributed by atoms with E-state index in [9.17, 15) is 4.79 Å². The first kappa shape index (κ1) is 22.8. The standard InChI is InChI=1S/C25H19Cl2N5O4/c26-16-5-1-13(2-6-16)23-30-32-25(36-23)21(33)28-18-8-3-14(4-9-18)22-29-31-24(35-22)20-12-15-11-17(27)7-10-19(15)34-20/h1-2,5-7,10-12,14,18H,3-4,8-9H2,(H,28,33). The van der Waals surface area contributed by atoms with Crippen molar-refractivity contribution in [3.8, 4) is 23.1 Å². The van der Waals surface area contributed by atoms with E-state index in [2.05, 4.69) is 25.7 Å². The van der Waals surface area contributed by atoms with Crippen molar-refractivity contribution in [2.75, 3.05) is 0 Å². The summed E-state index contributed by atoms with van der Waals surface area (Å²) >= 11 is 12.0. The SMILES string of the molecule is O=C(NC1CCC(c2nnc(-c3cc4cc(Cl)ccc4o3)o2)CC1)c1nnc(-c2ccc(Cl)cc2)o1. The average molecular weight is 524 g/mol. The largest absolute Gasteiger partial charge is 0.451 e. The Morgan fingerprint density at radius 1 is 0.806 bits per heavy atom. The number of aromatic nitrogens is 4. The molecule has 1 fully saturated rings. The van der Waals surface area contributed by atoms with Crippen LogP contribution in [0.15, 0.2) is 61.8 Å². The minimum absolute atomic E-state index is 0.0119. The number of rotatable bonds is 5. The summed E-state index contributed by atoms with van der Waals surface area (Å²) in [7, 11) is 0. The van der Waals surface area contributed by atoms with Crippen LogP contribution < -0.4 is 5.32 Å². The van der Waals surface area contributed by atoms with Crippen LogP contribution in [0.5, 0.6) is 0 Å². The maximum Gasteiger partial charge on any atom is 0.309 e. The molecule has 3 aromatic heterocycles. The zero-order chi connectivity index (χ0) is 24.6. The Balaban J connectivity index is 1.06. The Morgan fingerprint density at radius 3 is 2.36 bits per heavy atom. The van der Waals surface area contributed by atoms with Crippen LogP contribution in [-0.4, -0.2) is 32.3 Å². The van der Waals surface area contributed by atoms with Gasteiger partial charge in [0.25, 0.3) is 5.89 Å². The molecule has 0 unspecified atom stereocenters. The monoisotopic (exact) mass is 523 g/mol. The lowest BCUT2D eigenvalue weighted by molar-refractivity contribution is 0.0890. The van der Waals surface area contributed by atoms with Crippen molar-refractivity contribution in [1.82, 2.24) is 25.7 Å². The zero-order valence-corrected chi connectivity index (χ0v) is 20.3. The van der Waals surface area contributed by atoms with Gasteiger partial charge in [0.2, 0.25) is 11.8 Å². The van der Waals surface area contributed by atoms with Gasteiger partial charge in [-0.15, -0.1) is 20.4 Å². The quantitative estimate of drug-likeness (QED) is 0.285. The second-order valence-electron chi connectivity index (χ2n) is 8.68. The van der Waals surface area contributed by atoms with Gasteiger partial charge in [0.1, 0.15) is 5.58 Å². The molecule has 0 atom stereocenters. The van der Waals surface area contributed by atoms with Crippen LogP contribution >= 0.6 is 23.2 Å². The van der Waals surface area contributed by atoms with Gasteiger partial charge in [-0.1, -0.05) is 23.2 Å². The molecular formula is C25H19Cl2N5O4. The van der Waals surface area contributed by atoms with Crippen LogP contribution in [0.4, 0.5) is 0 Å². The highest BCUT2D eigenvalue weighted by atomic mass is 35.5. The number of nitrogens with one attached hydrogen (secondary N) is 1. The first-order valence-corrected chi connectivity index (χ1v) is 12.2. The van der Waals surface area contributed by atoms with Gasteiger partial charge in [-0.05, 0) is 74.2 Å². The molecule has 0 aliphatic heterocycles. The highest BCUT2D eigenvalue weighted by Crippen LogP contribution is 2.35. The lowest BCUT2D eigenvalue weighted by Crippen LogP contribution is -2.37. The molecule has 182 valence electrons. The molecule has 2 aromatic carbocycles. The minimum atomic E-state index is -0.392. The number of halogens is 2. The number of benzene rings is 2. The molecule has 11 heteroatoms. The van der Waals surface area contributed by atoms with Crippen LogP contribution in [-0.2, 0) is 0 Å². The summed E-state index contributed by atoms with van der Waals surface area (Å²) < 4.78 is 17.3. The predicted molar refractivity (Wildman–Crippen MR) is 132 cm³/mol. The molecule has 6 rings (SSSR count). The second-order valence-corrected chi connectivity index (χ2v) is 9.55. The molecule has 36 heavy (non-hydrogen) atoms. The number of amides is 1. The number of carbonyl (C=O) groups is 1. The normalized spacial score (nSPS) is 17.9. The number of hydrogen-bond donors (Lipinski definition) is 1. The van der Waals surface area contributed by atoms with Crippen LogP contribution in [0.3, 0.4) is 0 Å². The molecule has 0 saturated heterocycles. The van der Waals surface area contributed by atoms with Gasteiger partial charge in [0.15, 0.2) is 5.76 Å². The third kappa shape index (κ3) is 4.59. The molecule has 3 heterocycles. The summed E-state index contributed by atoms with van der Waals surface area (Å²) in [5, 5.41) is 21.3. The van der Waals surface area contributed by atoms with Crippen molar-refractivity contribution in [2.24, 2.45) is 0 Å². The van der Waals surface area contributed by atoms with Crippen molar-refractivity contribution in [1.29, 1.82) is 0 Å². The van der Waals surface area contributed by atoms with Gasteiger partial charge in [-0.2, -0.15) is 0 Å². The number of hydrogen-bond acceptors (Lipinski definition) is 8. The Labute approximate surface area is 214 Å². The summed E-state index contributed by atoms with van der Waals surface area (Å²) in [6.07, 6.45) is 3.11. The Hall–Kier alpha value is -3.69. The zero-order valence-electron chi connectivity index (χ0n) is 18.8. The molecule has 1 aliphatic carbocycles. The summed E-state index contributed by atoms with van der Waals surface area (Å²) in [5.74, 6) is 1.31. The van der Waals surface area contributed by atoms with Crippen LogP contribution in [0, 0.1) is 0 Å². The van der Waals surface area contributed by atoms with Crippen LogP contribution in [0.25, 0.3) is 34.1 Å². The van der Waals surface area contributed by atoms with Gasteiger partial charge in [-0.3, -0.25) is 4.79 Å². The number of nitrogens with zero attached hydrogens (tertiary/aromatic N) is 4. The maximum atomic E-state index is 12.6. The van der Waals surface area contributed by atoms with E-state index in [-0.39, 0.29) is 23.7 Å². The molecule has 1 amide bonds. The smallest absolute Gasteiger partial charge is 0.309 e. The second kappa shape index (κ2) is 9.40. The van der Waals surface area contributed by atoms with E-state index in [0.29, 0.717) is 38.7 Å². The number of furan rings is 1. The van der Waals surface area contributed by atoms with E-state index in [4.69, 9.17) is 36.5 Å². The van der Waals surface area contributed by atoms with E-state index >= 15 is 0 Å². The molecule has 5 aromatic rings. The third-order valence-corrected chi connectivity index (χ3v) is 6.74. The Bertz CT molecular complexity index is 1530. The molecule has 1 N–H and O–H groups in total. The van der Waals surface area contributed by atoms with Crippen molar-refractivity contribution in [3.63, 3.8) is 0 Å². The van der Waals surface area contributed by atoms with Crippen LogP contribution in [0.1, 0.15) is 48.2 Å². The molecular weight excluding hydrogens is 505 g/mol. The molecule has 9 nitrogen and oxygen atoms in total. The van der Waals surface area contributed by atoms with Crippen molar-refractivity contribution in [2.45, 2.75) is 37.6 Å². The lowest BCUT2D eigenvalue weighted by atomic mass is 9.86. The molecule has 1 saturated carbocycles. The average Bonchev–Trinajstić information content (AvgIpc) is 3.64. The van der Waals surface area contributed by atoms with Gasteiger partial charge < -0.3 is 18.6 Å². The van der Waals surface area contributed by atoms with Crippen molar-refractivity contribution in [3.05, 3.63) is 70.4 Å². The third-order valence-electron chi connectivity index (χ3n) is 6.25. The lowest BCUT2D eigenvalue weighted by Gasteiger charge is -2.26. The van der Waals surface area contributed by atoms with E-state index in [1.54, 1.807) is 36.4 Å². The van der Waals surface area contributed by atoms with Gasteiger partial charge >= 0.3 is 11.8 Å². The topological polar surface area (TPSA) is 120 Å². The fourth-order valence-electron chi connectivity index (χ4n) is 4.37.